The average molecular weight is 407 g/mol. The van der Waals surface area contributed by atoms with Gasteiger partial charge >= 0.3 is 0 Å². The molecule has 1 fully saturated rings. The fourth-order valence-corrected chi connectivity index (χ4v) is 4.82. The monoisotopic (exact) mass is 406 g/mol. The van der Waals surface area contributed by atoms with Crippen molar-refractivity contribution in [1.29, 1.82) is 0 Å². The van der Waals surface area contributed by atoms with Crippen LogP contribution in [0.5, 0.6) is 0 Å². The van der Waals surface area contributed by atoms with Crippen molar-refractivity contribution in [2.75, 3.05) is 25.0 Å². The summed E-state index contributed by atoms with van der Waals surface area (Å²) < 4.78 is 32.5. The van der Waals surface area contributed by atoms with Gasteiger partial charge in [-0.15, -0.1) is 0 Å². The Bertz CT molecular complexity index is 855. The third kappa shape index (κ3) is 5.21. The van der Waals surface area contributed by atoms with E-state index in [0.29, 0.717) is 18.8 Å². The van der Waals surface area contributed by atoms with Crippen LogP contribution in [0.3, 0.4) is 0 Å². The molecule has 2 aromatic rings. The highest BCUT2D eigenvalue weighted by Gasteiger charge is 2.25. The van der Waals surface area contributed by atoms with Crippen molar-refractivity contribution in [2.45, 2.75) is 43.5 Å². The van der Waals surface area contributed by atoms with Gasteiger partial charge in [0.1, 0.15) is 6.04 Å². The lowest BCUT2D eigenvalue weighted by Gasteiger charge is -2.20. The fraction of sp³-hybridized carbons (Fsp3) is 0.450. The zero-order chi connectivity index (χ0) is 20.0. The summed E-state index contributed by atoms with van der Waals surface area (Å²) in [7, 11) is -3.47. The molecule has 7 nitrogen and oxygen atoms in total. The number of anilines is 1. The Hall–Kier alpha value is -2.16. The van der Waals surface area contributed by atoms with Gasteiger partial charge in [-0.1, -0.05) is 12.8 Å². The zero-order valence-corrected chi connectivity index (χ0v) is 17.0. The van der Waals surface area contributed by atoms with E-state index >= 15 is 0 Å². The van der Waals surface area contributed by atoms with Crippen molar-refractivity contribution in [3.05, 3.63) is 48.4 Å². The van der Waals surface area contributed by atoms with E-state index in [0.717, 1.165) is 31.4 Å². The number of sulfonamides is 1. The third-order valence-electron chi connectivity index (χ3n) is 4.99. The van der Waals surface area contributed by atoms with Crippen molar-refractivity contribution in [3.8, 4) is 0 Å². The number of furan rings is 1. The second-order valence-corrected chi connectivity index (χ2v) is 9.07. The van der Waals surface area contributed by atoms with Crippen molar-refractivity contribution in [2.24, 2.45) is 0 Å². The van der Waals surface area contributed by atoms with Crippen LogP contribution in [0.1, 0.15) is 44.4 Å². The van der Waals surface area contributed by atoms with Crippen LogP contribution in [0.4, 0.5) is 5.69 Å². The molecule has 2 heterocycles. The summed E-state index contributed by atoms with van der Waals surface area (Å²) in [6.07, 6.45) is 5.57. The highest BCUT2D eigenvalue weighted by atomic mass is 32.2. The van der Waals surface area contributed by atoms with Gasteiger partial charge in [0.25, 0.3) is 5.91 Å². The first-order valence-electron chi connectivity index (χ1n) is 9.73. The number of carbonyl (C=O) groups excluding carboxylic acids is 1. The van der Waals surface area contributed by atoms with E-state index in [4.69, 9.17) is 4.42 Å². The molecule has 1 atom stereocenters. The van der Waals surface area contributed by atoms with Gasteiger partial charge < -0.3 is 15.1 Å². The highest BCUT2D eigenvalue weighted by Crippen LogP contribution is 2.21. The Balaban J connectivity index is 1.55. The maximum Gasteiger partial charge on any atom is 0.279 e. The maximum absolute atomic E-state index is 12.8. The lowest BCUT2D eigenvalue weighted by Crippen LogP contribution is -2.86. The number of nitrogens with zero attached hydrogens (tertiary/aromatic N) is 1. The number of amides is 1. The van der Waals surface area contributed by atoms with E-state index in [1.165, 1.54) is 0 Å². The Kier molecular flexibility index (Phi) is 6.88. The summed E-state index contributed by atoms with van der Waals surface area (Å²) in [6.45, 7) is 3.36. The molecule has 152 valence electrons. The number of benzene rings is 1. The van der Waals surface area contributed by atoms with E-state index < -0.39 is 10.0 Å². The number of hydrogen-bond acceptors (Lipinski definition) is 4. The van der Waals surface area contributed by atoms with Crippen LogP contribution in [-0.2, 0) is 14.8 Å². The largest absolute Gasteiger partial charge is 0.463 e. The first-order valence-corrected chi connectivity index (χ1v) is 11.2. The van der Waals surface area contributed by atoms with Crippen molar-refractivity contribution in [3.63, 3.8) is 0 Å². The van der Waals surface area contributed by atoms with Gasteiger partial charge in [-0.2, -0.15) is 4.31 Å². The van der Waals surface area contributed by atoms with Gasteiger partial charge in [-0.25, -0.2) is 8.42 Å². The van der Waals surface area contributed by atoms with E-state index in [1.54, 1.807) is 34.8 Å². The summed E-state index contributed by atoms with van der Waals surface area (Å²) >= 11 is 0. The Morgan fingerprint density at radius 3 is 2.43 bits per heavy atom. The smallest absolute Gasteiger partial charge is 0.279 e. The number of nitrogens with one attached hydrogen (secondary N) is 1. The minimum absolute atomic E-state index is 0.0434. The van der Waals surface area contributed by atoms with Gasteiger partial charge in [0.05, 0.1) is 11.2 Å². The van der Waals surface area contributed by atoms with Crippen LogP contribution in [0.25, 0.3) is 0 Å². The van der Waals surface area contributed by atoms with E-state index in [2.05, 4.69) is 5.32 Å². The van der Waals surface area contributed by atoms with Crippen molar-refractivity contribution >= 4 is 21.6 Å². The fourth-order valence-electron chi connectivity index (χ4n) is 3.30. The molecular formula is C20H28N3O4S+. The molecule has 3 N–H and O–H groups in total. The molecular weight excluding hydrogens is 378 g/mol. The highest BCUT2D eigenvalue weighted by molar-refractivity contribution is 7.89. The van der Waals surface area contributed by atoms with Gasteiger partial charge in [0.15, 0.2) is 12.3 Å². The lowest BCUT2D eigenvalue weighted by atomic mass is 10.2. The summed E-state index contributed by atoms with van der Waals surface area (Å²) in [6, 6.07) is 10.1. The molecule has 1 amide bonds. The van der Waals surface area contributed by atoms with Crippen molar-refractivity contribution in [1.82, 2.24) is 4.31 Å². The Morgan fingerprint density at radius 1 is 1.14 bits per heavy atom. The van der Waals surface area contributed by atoms with Crippen molar-refractivity contribution < 1.29 is 22.9 Å². The molecule has 0 spiro atoms. The Morgan fingerprint density at radius 2 is 1.82 bits per heavy atom. The molecule has 0 saturated carbocycles. The summed E-state index contributed by atoms with van der Waals surface area (Å²) in [5.41, 5.74) is 0.582. The SMILES string of the molecule is C[C@H]([NH2+]CC(=O)Nc1ccc(S(=O)(=O)N2CCCCCC2)cc1)c1ccco1. The molecule has 28 heavy (non-hydrogen) atoms. The van der Waals surface area contributed by atoms with Gasteiger partial charge in [0, 0.05) is 18.8 Å². The van der Waals surface area contributed by atoms with Crippen LogP contribution >= 0.6 is 0 Å². The number of hydrogen-bond donors (Lipinski definition) is 2. The molecule has 0 unspecified atom stereocenters. The van der Waals surface area contributed by atoms with Crippen LogP contribution in [-0.4, -0.2) is 38.3 Å². The summed E-state index contributed by atoms with van der Waals surface area (Å²) in [5.74, 6) is 0.664. The predicted octanol–water partition coefficient (Wildman–Crippen LogP) is 2.11. The molecule has 0 bridgehead atoms. The number of carbonyl (C=O) groups is 1. The quantitative estimate of drug-likeness (QED) is 0.736. The molecule has 0 radical (unpaired) electrons. The summed E-state index contributed by atoms with van der Waals surface area (Å²) in [5, 5.41) is 4.68. The van der Waals surface area contributed by atoms with Crippen LogP contribution in [0, 0.1) is 0 Å². The molecule has 1 saturated heterocycles. The van der Waals surface area contributed by atoms with Crippen LogP contribution in [0.2, 0.25) is 0 Å². The topological polar surface area (TPSA) is 96.2 Å². The molecule has 1 aliphatic rings. The molecule has 1 aliphatic heterocycles. The van der Waals surface area contributed by atoms with E-state index in [9.17, 15) is 13.2 Å². The van der Waals surface area contributed by atoms with Gasteiger partial charge in [-0.05, 0) is 56.2 Å². The van der Waals surface area contributed by atoms with Crippen LogP contribution < -0.4 is 10.6 Å². The Labute approximate surface area is 166 Å². The third-order valence-corrected chi connectivity index (χ3v) is 6.90. The molecule has 3 rings (SSSR count). The average Bonchev–Trinajstić information content (AvgIpc) is 3.08. The normalized spacial score (nSPS) is 17.0. The lowest BCUT2D eigenvalue weighted by molar-refractivity contribution is -0.684. The number of nitrogens with two attached hydrogens (primary N) is 1. The predicted molar refractivity (Wildman–Crippen MR) is 106 cm³/mol. The first-order chi connectivity index (χ1) is 13.5. The summed E-state index contributed by atoms with van der Waals surface area (Å²) in [4.78, 5) is 12.4. The first kappa shape index (κ1) is 20.6. The standard InChI is InChI=1S/C20H27N3O4S/c1-16(19-7-6-14-27-19)21-15-20(24)22-17-8-10-18(11-9-17)28(25,26)23-12-4-2-3-5-13-23/h6-11,14,16,21H,2-5,12-13,15H2,1H3,(H,22,24)/p+1/t16-/m0/s1. The molecule has 1 aromatic heterocycles. The van der Waals surface area contributed by atoms with Crippen LogP contribution in [0.15, 0.2) is 52.0 Å². The molecule has 1 aromatic carbocycles. The molecule has 8 heteroatoms. The van der Waals surface area contributed by atoms with E-state index in [1.807, 2.05) is 24.4 Å². The minimum Gasteiger partial charge on any atom is -0.463 e. The number of rotatable bonds is 7. The zero-order valence-electron chi connectivity index (χ0n) is 16.1. The second-order valence-electron chi connectivity index (χ2n) is 7.13. The van der Waals surface area contributed by atoms with Gasteiger partial charge in [0.2, 0.25) is 10.0 Å². The minimum atomic E-state index is -3.47. The number of quaternary nitrogens is 1. The van der Waals surface area contributed by atoms with E-state index in [-0.39, 0.29) is 23.4 Å². The maximum atomic E-state index is 12.8. The van der Waals surface area contributed by atoms with Gasteiger partial charge in [-0.3, -0.25) is 4.79 Å². The molecule has 0 aliphatic carbocycles. The second kappa shape index (κ2) is 9.36.